The number of nitrogens with one attached hydrogen (secondary N) is 2. The van der Waals surface area contributed by atoms with Crippen molar-refractivity contribution in [2.75, 3.05) is 47.3 Å². The third-order valence-corrected chi connectivity index (χ3v) is 5.37. The second-order valence-electron chi connectivity index (χ2n) is 7.62. The lowest BCUT2D eigenvalue weighted by molar-refractivity contribution is -0.121. The first kappa shape index (κ1) is 23.1. The first-order valence-electron chi connectivity index (χ1n) is 10.2. The first-order chi connectivity index (χ1) is 13.9. The van der Waals surface area contributed by atoms with E-state index in [0.29, 0.717) is 18.9 Å². The summed E-state index contributed by atoms with van der Waals surface area (Å²) in [5, 5.41) is 5.96. The summed E-state index contributed by atoms with van der Waals surface area (Å²) in [6.07, 6.45) is 2.38. The van der Waals surface area contributed by atoms with Crippen LogP contribution in [0.15, 0.2) is 23.2 Å². The topological polar surface area (TPSA) is 60.0 Å². The molecule has 1 unspecified atom stereocenters. The number of halogens is 2. The van der Waals surface area contributed by atoms with Gasteiger partial charge in [-0.15, -0.1) is 0 Å². The van der Waals surface area contributed by atoms with E-state index in [1.54, 1.807) is 26.0 Å². The zero-order valence-corrected chi connectivity index (χ0v) is 17.8. The van der Waals surface area contributed by atoms with Gasteiger partial charge in [0.15, 0.2) is 5.96 Å². The van der Waals surface area contributed by atoms with Crippen molar-refractivity contribution in [3.05, 3.63) is 35.4 Å². The van der Waals surface area contributed by atoms with Crippen LogP contribution in [-0.4, -0.2) is 69.0 Å². The lowest BCUT2D eigenvalue weighted by Gasteiger charge is -2.34. The molecule has 0 spiro atoms. The molecule has 8 heteroatoms. The highest BCUT2D eigenvalue weighted by Crippen LogP contribution is 2.25. The fourth-order valence-corrected chi connectivity index (χ4v) is 3.65. The average Bonchev–Trinajstić information content (AvgIpc) is 2.69. The molecule has 1 fully saturated rings. The van der Waals surface area contributed by atoms with E-state index in [1.165, 1.54) is 18.2 Å². The molecule has 162 valence electrons. The molecule has 0 bridgehead atoms. The fourth-order valence-electron chi connectivity index (χ4n) is 3.65. The summed E-state index contributed by atoms with van der Waals surface area (Å²) in [6, 6.07) is 3.43. The maximum Gasteiger partial charge on any atom is 0.220 e. The minimum Gasteiger partial charge on any atom is -0.359 e. The molecule has 0 radical (unpaired) electrons. The van der Waals surface area contributed by atoms with Crippen molar-refractivity contribution in [2.45, 2.75) is 32.2 Å². The Balaban J connectivity index is 2.10. The van der Waals surface area contributed by atoms with Gasteiger partial charge in [0.1, 0.15) is 11.6 Å². The van der Waals surface area contributed by atoms with E-state index in [2.05, 4.69) is 15.5 Å². The minimum atomic E-state index is -0.557. The maximum atomic E-state index is 14.3. The van der Waals surface area contributed by atoms with Crippen LogP contribution in [0.4, 0.5) is 8.78 Å². The van der Waals surface area contributed by atoms with Crippen molar-refractivity contribution in [2.24, 2.45) is 10.9 Å². The van der Waals surface area contributed by atoms with E-state index >= 15 is 0 Å². The van der Waals surface area contributed by atoms with Crippen LogP contribution in [0.3, 0.4) is 0 Å². The molecule has 0 saturated carbocycles. The van der Waals surface area contributed by atoms with Gasteiger partial charge in [-0.05, 0) is 51.9 Å². The normalized spacial score (nSPS) is 16.8. The number of guanidine groups is 1. The van der Waals surface area contributed by atoms with Gasteiger partial charge in [0.2, 0.25) is 5.91 Å². The molecule has 6 nitrogen and oxygen atoms in total. The van der Waals surface area contributed by atoms with Crippen molar-refractivity contribution in [1.29, 1.82) is 0 Å². The van der Waals surface area contributed by atoms with Crippen molar-refractivity contribution in [3.63, 3.8) is 0 Å². The Morgan fingerprint density at radius 2 is 1.90 bits per heavy atom. The number of likely N-dealkylation sites (tertiary alicyclic amines) is 1. The Bertz CT molecular complexity index is 682. The van der Waals surface area contributed by atoms with Gasteiger partial charge in [0.25, 0.3) is 0 Å². The highest BCUT2D eigenvalue weighted by Gasteiger charge is 2.25. The molecule has 29 heavy (non-hydrogen) atoms. The molecule has 1 saturated heterocycles. The predicted octanol–water partition coefficient (Wildman–Crippen LogP) is 2.38. The SMILES string of the molecule is CCNC(=NCC(c1c(F)cccc1F)N(C)C)N1CCC(CC(=O)NC)CC1. The number of rotatable bonds is 7. The molecule has 1 aliphatic heterocycles. The zero-order valence-electron chi connectivity index (χ0n) is 17.8. The van der Waals surface area contributed by atoms with Crippen molar-refractivity contribution in [3.8, 4) is 0 Å². The summed E-state index contributed by atoms with van der Waals surface area (Å²) in [5.41, 5.74) is 0.0429. The number of benzene rings is 1. The number of piperidine rings is 1. The van der Waals surface area contributed by atoms with Crippen LogP contribution in [0.1, 0.15) is 37.8 Å². The molecule has 1 aromatic carbocycles. The Labute approximate surface area is 172 Å². The molecule has 0 aliphatic carbocycles. The summed E-state index contributed by atoms with van der Waals surface area (Å²) in [6.45, 7) is 4.54. The van der Waals surface area contributed by atoms with Crippen LogP contribution in [0, 0.1) is 17.6 Å². The summed E-state index contributed by atoms with van der Waals surface area (Å²) < 4.78 is 28.6. The quantitative estimate of drug-likeness (QED) is 0.536. The second-order valence-corrected chi connectivity index (χ2v) is 7.62. The number of aliphatic imine (C=N–C) groups is 1. The molecule has 2 rings (SSSR count). The van der Waals surface area contributed by atoms with Crippen molar-refractivity contribution < 1.29 is 13.6 Å². The Hall–Kier alpha value is -2.22. The number of nitrogens with zero attached hydrogens (tertiary/aromatic N) is 3. The number of carbonyl (C=O) groups is 1. The van der Waals surface area contributed by atoms with Gasteiger partial charge >= 0.3 is 0 Å². The van der Waals surface area contributed by atoms with E-state index in [1.807, 2.05) is 6.92 Å². The Morgan fingerprint density at radius 1 is 1.28 bits per heavy atom. The monoisotopic (exact) mass is 409 g/mol. The van der Waals surface area contributed by atoms with Gasteiger partial charge in [0.05, 0.1) is 12.6 Å². The van der Waals surface area contributed by atoms with Crippen molar-refractivity contribution >= 4 is 11.9 Å². The standard InChI is InChI=1S/C21H33F2N5O/c1-5-25-21(28-11-9-15(10-12-28)13-19(29)24-2)26-14-18(27(3)4)20-16(22)7-6-8-17(20)23/h6-8,15,18H,5,9-14H2,1-4H3,(H,24,29)(H,25,26). The lowest BCUT2D eigenvalue weighted by atomic mass is 9.93. The third-order valence-electron chi connectivity index (χ3n) is 5.37. The van der Waals surface area contributed by atoms with Gasteiger partial charge in [-0.25, -0.2) is 8.78 Å². The van der Waals surface area contributed by atoms with Gasteiger partial charge < -0.3 is 20.4 Å². The predicted molar refractivity (Wildman–Crippen MR) is 112 cm³/mol. The van der Waals surface area contributed by atoms with Crippen LogP contribution in [0.2, 0.25) is 0 Å². The number of amides is 1. The largest absolute Gasteiger partial charge is 0.359 e. The van der Waals surface area contributed by atoms with Crippen LogP contribution in [0.25, 0.3) is 0 Å². The lowest BCUT2D eigenvalue weighted by Crippen LogP contribution is -2.46. The average molecular weight is 410 g/mol. The van der Waals surface area contributed by atoms with E-state index in [0.717, 1.165) is 31.9 Å². The van der Waals surface area contributed by atoms with Crippen LogP contribution >= 0.6 is 0 Å². The number of hydrogen-bond donors (Lipinski definition) is 2. The highest BCUT2D eigenvalue weighted by atomic mass is 19.1. The van der Waals surface area contributed by atoms with E-state index in [-0.39, 0.29) is 18.0 Å². The molecular formula is C21H33F2N5O. The van der Waals surface area contributed by atoms with Gasteiger partial charge in [-0.1, -0.05) is 6.07 Å². The van der Waals surface area contributed by atoms with E-state index in [4.69, 9.17) is 4.99 Å². The van der Waals surface area contributed by atoms with Crippen LogP contribution in [0.5, 0.6) is 0 Å². The van der Waals surface area contributed by atoms with E-state index < -0.39 is 17.7 Å². The molecule has 1 atom stereocenters. The third kappa shape index (κ3) is 6.39. The summed E-state index contributed by atoms with van der Waals surface area (Å²) in [7, 11) is 5.25. The van der Waals surface area contributed by atoms with E-state index in [9.17, 15) is 13.6 Å². The molecule has 1 heterocycles. The fraction of sp³-hybridized carbons (Fsp3) is 0.619. The Kier molecular flexibility index (Phi) is 8.82. The molecule has 1 aromatic rings. The molecule has 1 aliphatic rings. The molecule has 0 aromatic heterocycles. The summed E-state index contributed by atoms with van der Waals surface area (Å²) >= 11 is 0. The zero-order chi connectivity index (χ0) is 21.4. The smallest absolute Gasteiger partial charge is 0.220 e. The second kappa shape index (κ2) is 11.1. The van der Waals surface area contributed by atoms with Gasteiger partial charge in [-0.2, -0.15) is 0 Å². The number of carbonyl (C=O) groups excluding carboxylic acids is 1. The summed E-state index contributed by atoms with van der Waals surface area (Å²) in [5.74, 6) is 0.0770. The van der Waals surface area contributed by atoms with Crippen molar-refractivity contribution in [1.82, 2.24) is 20.4 Å². The Morgan fingerprint density at radius 3 is 2.41 bits per heavy atom. The molecule has 1 amide bonds. The van der Waals surface area contributed by atoms with Gasteiger partial charge in [0, 0.05) is 38.7 Å². The molecule has 2 N–H and O–H groups in total. The van der Waals surface area contributed by atoms with Gasteiger partial charge in [-0.3, -0.25) is 9.79 Å². The first-order valence-corrected chi connectivity index (χ1v) is 10.2. The maximum absolute atomic E-state index is 14.3. The molecular weight excluding hydrogens is 376 g/mol. The number of likely N-dealkylation sites (N-methyl/N-ethyl adjacent to an activating group) is 1. The van der Waals surface area contributed by atoms with Crippen LogP contribution < -0.4 is 10.6 Å². The number of hydrogen-bond acceptors (Lipinski definition) is 3. The minimum absolute atomic E-state index is 0.0429. The van der Waals surface area contributed by atoms with Crippen LogP contribution in [-0.2, 0) is 4.79 Å². The highest BCUT2D eigenvalue weighted by molar-refractivity contribution is 5.80. The summed E-state index contributed by atoms with van der Waals surface area (Å²) in [4.78, 5) is 20.2.